The van der Waals surface area contributed by atoms with Gasteiger partial charge in [0.1, 0.15) is 35.3 Å². The van der Waals surface area contributed by atoms with Crippen LogP contribution in [-0.2, 0) is 24.6 Å². The van der Waals surface area contributed by atoms with E-state index >= 15 is 0 Å². The molecule has 1 aliphatic heterocycles. The quantitative estimate of drug-likeness (QED) is 0.233. The van der Waals surface area contributed by atoms with E-state index in [1.807, 2.05) is 19.1 Å². The van der Waals surface area contributed by atoms with Crippen LogP contribution in [0, 0.1) is 18.3 Å². The normalized spacial score (nSPS) is 14.7. The van der Waals surface area contributed by atoms with Crippen molar-refractivity contribution in [3.63, 3.8) is 0 Å². The van der Waals surface area contributed by atoms with E-state index in [4.69, 9.17) is 4.52 Å². The van der Waals surface area contributed by atoms with Gasteiger partial charge in [-0.2, -0.15) is 23.5 Å². The minimum Gasteiger partial charge on any atom is -1.00 e. The molecule has 17 heteroatoms. The average Bonchev–Trinajstić information content (AvgIpc) is 3.81. The van der Waals surface area contributed by atoms with E-state index in [2.05, 4.69) is 22.6 Å². The van der Waals surface area contributed by atoms with Crippen LogP contribution in [0.25, 0.3) is 22.8 Å². The van der Waals surface area contributed by atoms with E-state index in [0.29, 0.717) is 48.5 Å². The molecule has 1 N–H and O–H groups in total. The van der Waals surface area contributed by atoms with Gasteiger partial charge in [-0.05, 0) is 62.4 Å². The van der Waals surface area contributed by atoms with Gasteiger partial charge in [-0.3, -0.25) is 19.1 Å². The monoisotopic (exact) mass is 737 g/mol. The average molecular weight is 738 g/mol. The summed E-state index contributed by atoms with van der Waals surface area (Å²) in [6.45, 7) is 6.12. The largest absolute Gasteiger partial charge is 1.00 e. The van der Waals surface area contributed by atoms with Crippen LogP contribution in [0.1, 0.15) is 39.9 Å². The summed E-state index contributed by atoms with van der Waals surface area (Å²) in [7, 11) is 3.52. The molecule has 272 valence electrons. The van der Waals surface area contributed by atoms with Gasteiger partial charge in [0.2, 0.25) is 5.91 Å². The first-order valence-corrected chi connectivity index (χ1v) is 16.1. The number of likely N-dealkylation sites (N-methyl/N-ethyl adjacent to an activating group) is 1. The highest BCUT2D eigenvalue weighted by Crippen LogP contribution is 2.31. The van der Waals surface area contributed by atoms with Crippen LogP contribution < -0.4 is 23.3 Å². The number of nitrogens with zero attached hydrogens (tertiary/aromatic N) is 8. The zero-order chi connectivity index (χ0) is 36.7. The van der Waals surface area contributed by atoms with E-state index in [9.17, 15) is 32.8 Å². The molecule has 5 aromatic rings. The number of nitriles is 1. The van der Waals surface area contributed by atoms with Gasteiger partial charge in [-0.1, -0.05) is 11.2 Å². The van der Waals surface area contributed by atoms with Crippen molar-refractivity contribution in [1.29, 1.82) is 5.26 Å². The highest BCUT2D eigenvalue weighted by molar-refractivity contribution is 6.02. The molecule has 0 radical (unpaired) electrons. The van der Waals surface area contributed by atoms with Gasteiger partial charge in [0, 0.05) is 13.1 Å². The fraction of sp³-hybridized carbons (Fsp3) is 0.314. The van der Waals surface area contributed by atoms with Gasteiger partial charge in [-0.15, -0.1) is 0 Å². The van der Waals surface area contributed by atoms with Gasteiger partial charge in [0.15, 0.2) is 0 Å². The summed E-state index contributed by atoms with van der Waals surface area (Å²) in [5.41, 5.74) is -0.354. The predicted octanol–water partition coefficient (Wildman–Crippen LogP) is 0.827. The fourth-order valence-electron chi connectivity index (χ4n) is 6.39. The third kappa shape index (κ3) is 7.37. The number of halogens is 4. The molecule has 13 nitrogen and oxygen atoms in total. The van der Waals surface area contributed by atoms with E-state index in [1.54, 1.807) is 35.2 Å². The number of rotatable bonds is 8. The van der Waals surface area contributed by atoms with Gasteiger partial charge in [-0.25, -0.2) is 9.36 Å². The molecule has 1 saturated heterocycles. The number of carbonyl (C=O) groups is 2. The molecule has 4 heterocycles. The Bertz CT molecular complexity index is 2200. The summed E-state index contributed by atoms with van der Waals surface area (Å²) >= 11 is 0. The molecule has 1 fully saturated rings. The first-order chi connectivity index (χ1) is 24.2. The number of nitrogens with one attached hydrogen (secondary N) is 1. The summed E-state index contributed by atoms with van der Waals surface area (Å²) in [4.78, 5) is 43.5. The Morgan fingerprint density at radius 1 is 1.08 bits per heavy atom. The number of carbonyl (C=O) groups excluding carboxylic acids is 2. The highest BCUT2D eigenvalue weighted by Gasteiger charge is 2.36. The number of hydrogen-bond acceptors (Lipinski definition) is 7. The smallest absolute Gasteiger partial charge is 0.416 e. The molecule has 0 spiro atoms. The van der Waals surface area contributed by atoms with Crippen molar-refractivity contribution >= 4 is 11.8 Å². The summed E-state index contributed by atoms with van der Waals surface area (Å²) in [5.74, 6) is -0.508. The first-order valence-electron chi connectivity index (χ1n) is 16.1. The number of benzene rings is 2. The van der Waals surface area contributed by atoms with Gasteiger partial charge in [0.25, 0.3) is 11.5 Å². The van der Waals surface area contributed by atoms with Crippen LogP contribution in [0.3, 0.4) is 0 Å². The van der Waals surface area contributed by atoms with Crippen molar-refractivity contribution in [3.05, 3.63) is 105 Å². The minimum absolute atomic E-state index is 0. The second kappa shape index (κ2) is 14.5. The fourth-order valence-corrected chi connectivity index (χ4v) is 6.39. The number of alkyl halides is 3. The van der Waals surface area contributed by atoms with Crippen LogP contribution in [0.15, 0.2) is 76.2 Å². The Labute approximate surface area is 302 Å². The Morgan fingerprint density at radius 2 is 1.77 bits per heavy atom. The highest BCUT2D eigenvalue weighted by atomic mass is 35.5. The van der Waals surface area contributed by atoms with Crippen LogP contribution in [0.5, 0.6) is 0 Å². The Morgan fingerprint density at radius 3 is 2.38 bits per heavy atom. The number of amides is 2. The molecule has 2 aromatic carbocycles. The van der Waals surface area contributed by atoms with Crippen molar-refractivity contribution in [2.45, 2.75) is 32.6 Å². The molecular formula is C35H35ClF3N9O4. The standard InChI is InChI=1S/C35H34F3N9O4.ClH/c1-22-18-26(42-51-22)21-47(4)16-14-44(15-17-47)33(49)23(2)41-32(48)30-31(29-12-13-40-45(29)27-10-8-24(20-39)9-11-27)43(3)46(34(30)50)28-7-5-6-25(19-28)35(36,37)38;/h5-13,18-19,23H,14-17,21H2,1-4H3;1H. The number of aryl methyl sites for hydroxylation is 1. The van der Waals surface area contributed by atoms with Crippen LogP contribution in [0.4, 0.5) is 13.2 Å². The molecule has 0 saturated carbocycles. The second-order valence-electron chi connectivity index (χ2n) is 12.9. The molecule has 1 aliphatic rings. The predicted molar refractivity (Wildman–Crippen MR) is 178 cm³/mol. The molecule has 52 heavy (non-hydrogen) atoms. The zero-order valence-electron chi connectivity index (χ0n) is 28.7. The molecular weight excluding hydrogens is 703 g/mol. The second-order valence-corrected chi connectivity index (χ2v) is 12.9. The molecule has 6 rings (SSSR count). The summed E-state index contributed by atoms with van der Waals surface area (Å²) in [6.07, 6.45) is -3.24. The SMILES string of the molecule is Cc1cc(C[N+]2(C)CCN(C(=O)C(C)NC(=O)c3c(-c4ccnn4-c4ccc(C#N)cc4)n(C)n(-c4cccc(C(F)(F)F)c4)c3=O)CC2)no1.[Cl-]. The van der Waals surface area contributed by atoms with E-state index in [-0.39, 0.29) is 35.4 Å². The molecule has 2 amide bonds. The van der Waals surface area contributed by atoms with Gasteiger partial charge in [0.05, 0.1) is 73.7 Å². The minimum atomic E-state index is -4.68. The Kier molecular flexibility index (Phi) is 10.5. The Hall–Kier alpha value is -5.66. The molecule has 0 aliphatic carbocycles. The van der Waals surface area contributed by atoms with Crippen LogP contribution >= 0.6 is 0 Å². The van der Waals surface area contributed by atoms with Gasteiger partial charge < -0.3 is 31.6 Å². The Balaban J connectivity index is 0.00000523. The van der Waals surface area contributed by atoms with Crippen LogP contribution in [-0.4, -0.2) is 84.8 Å². The maximum Gasteiger partial charge on any atom is 0.416 e. The number of aromatic nitrogens is 5. The first kappa shape index (κ1) is 37.6. The number of piperazine rings is 1. The number of quaternary nitrogens is 1. The zero-order valence-corrected chi connectivity index (χ0v) is 29.4. The lowest BCUT2D eigenvalue weighted by Gasteiger charge is -2.42. The van der Waals surface area contributed by atoms with Crippen molar-refractivity contribution in [1.82, 2.24) is 34.5 Å². The third-order valence-electron chi connectivity index (χ3n) is 9.11. The van der Waals surface area contributed by atoms with Crippen molar-refractivity contribution in [2.75, 3.05) is 33.2 Å². The van der Waals surface area contributed by atoms with Gasteiger partial charge >= 0.3 is 6.18 Å². The topological polar surface area (TPSA) is 144 Å². The summed E-state index contributed by atoms with van der Waals surface area (Å²) in [6, 6.07) is 15.1. The van der Waals surface area contributed by atoms with Crippen LogP contribution in [0.2, 0.25) is 0 Å². The lowest BCUT2D eigenvalue weighted by Crippen LogP contribution is -3.00. The van der Waals surface area contributed by atoms with E-state index in [1.165, 1.54) is 41.7 Å². The summed E-state index contributed by atoms with van der Waals surface area (Å²) in [5, 5.41) is 20.4. The lowest BCUT2D eigenvalue weighted by atomic mass is 10.1. The van der Waals surface area contributed by atoms with Crippen molar-refractivity contribution < 1.29 is 44.2 Å². The summed E-state index contributed by atoms with van der Waals surface area (Å²) < 4.78 is 50.6. The number of hydrogen-bond donors (Lipinski definition) is 1. The van der Waals surface area contributed by atoms with E-state index < -0.39 is 34.8 Å². The molecule has 3 aromatic heterocycles. The maximum atomic E-state index is 14.1. The lowest BCUT2D eigenvalue weighted by molar-refractivity contribution is -0.926. The molecule has 1 atom stereocenters. The maximum absolute atomic E-state index is 14.1. The third-order valence-corrected chi connectivity index (χ3v) is 9.11. The van der Waals surface area contributed by atoms with Crippen molar-refractivity contribution in [2.24, 2.45) is 7.05 Å². The molecule has 1 unspecified atom stereocenters. The molecule has 0 bridgehead atoms. The van der Waals surface area contributed by atoms with E-state index in [0.717, 1.165) is 28.3 Å². The van der Waals surface area contributed by atoms with Crippen molar-refractivity contribution in [3.8, 4) is 28.8 Å².